The molecule has 16 heavy (non-hydrogen) atoms. The van der Waals surface area contributed by atoms with E-state index in [4.69, 9.17) is 4.74 Å². The van der Waals surface area contributed by atoms with Crippen LogP contribution >= 0.6 is 0 Å². The molecule has 0 spiro atoms. The van der Waals surface area contributed by atoms with Crippen molar-refractivity contribution in [2.45, 2.75) is 6.92 Å². The number of piperazine rings is 1. The molecule has 0 aromatic rings. The van der Waals surface area contributed by atoms with Gasteiger partial charge in [-0.2, -0.15) is 0 Å². The van der Waals surface area contributed by atoms with Gasteiger partial charge in [-0.05, 0) is 21.0 Å². The summed E-state index contributed by atoms with van der Waals surface area (Å²) >= 11 is 0. The number of rotatable bonds is 4. The number of hydrogen-bond acceptors (Lipinski definition) is 4. The highest BCUT2D eigenvalue weighted by molar-refractivity contribution is 5.67. The number of likely N-dealkylation sites (N-methyl/N-ethyl adjacent to an activating group) is 1. The molecule has 94 valence electrons. The zero-order valence-electron chi connectivity index (χ0n) is 10.6. The van der Waals surface area contributed by atoms with E-state index in [0.29, 0.717) is 6.61 Å². The fourth-order valence-electron chi connectivity index (χ4n) is 1.71. The van der Waals surface area contributed by atoms with E-state index in [1.807, 2.05) is 6.92 Å². The summed E-state index contributed by atoms with van der Waals surface area (Å²) in [5, 5.41) is 0. The molecule has 5 nitrogen and oxygen atoms in total. The Balaban J connectivity index is 2.20. The lowest BCUT2D eigenvalue weighted by Crippen LogP contribution is -2.50. The van der Waals surface area contributed by atoms with E-state index in [-0.39, 0.29) is 6.09 Å². The topological polar surface area (TPSA) is 36.0 Å². The minimum Gasteiger partial charge on any atom is -0.450 e. The molecule has 1 amide bonds. The lowest BCUT2D eigenvalue weighted by atomic mass is 10.3. The molecule has 0 radical (unpaired) electrons. The fraction of sp³-hybridized carbons (Fsp3) is 0.909. The average molecular weight is 229 g/mol. The van der Waals surface area contributed by atoms with E-state index >= 15 is 0 Å². The number of amides is 1. The Morgan fingerprint density at radius 2 is 1.88 bits per heavy atom. The van der Waals surface area contributed by atoms with Crippen molar-refractivity contribution in [1.82, 2.24) is 14.7 Å². The van der Waals surface area contributed by atoms with Gasteiger partial charge in [0.25, 0.3) is 0 Å². The van der Waals surface area contributed by atoms with Crippen molar-refractivity contribution in [3.05, 3.63) is 0 Å². The molecule has 0 N–H and O–H groups in total. The van der Waals surface area contributed by atoms with Gasteiger partial charge in [-0.1, -0.05) is 0 Å². The molecule has 0 aromatic carbocycles. The summed E-state index contributed by atoms with van der Waals surface area (Å²) in [4.78, 5) is 17.8. The Morgan fingerprint density at radius 3 is 2.38 bits per heavy atom. The van der Waals surface area contributed by atoms with Crippen LogP contribution in [-0.4, -0.2) is 80.8 Å². The molecule has 1 saturated heterocycles. The van der Waals surface area contributed by atoms with Crippen molar-refractivity contribution in [3.8, 4) is 0 Å². The van der Waals surface area contributed by atoms with Gasteiger partial charge >= 0.3 is 6.09 Å². The molecule has 1 aliphatic rings. The van der Waals surface area contributed by atoms with Crippen LogP contribution in [0.25, 0.3) is 0 Å². The third-order valence-electron chi connectivity index (χ3n) is 2.76. The largest absolute Gasteiger partial charge is 0.450 e. The molecule has 1 fully saturated rings. The van der Waals surface area contributed by atoms with Crippen molar-refractivity contribution in [1.29, 1.82) is 0 Å². The molecule has 0 aromatic heterocycles. The Hall–Kier alpha value is -0.810. The number of ether oxygens (including phenoxy) is 1. The molecule has 1 rings (SSSR count). The molecule has 1 aliphatic heterocycles. The summed E-state index contributed by atoms with van der Waals surface area (Å²) in [7, 11) is 4.16. The van der Waals surface area contributed by atoms with Gasteiger partial charge in [0.1, 0.15) is 0 Å². The van der Waals surface area contributed by atoms with Crippen molar-refractivity contribution in [2.24, 2.45) is 0 Å². The summed E-state index contributed by atoms with van der Waals surface area (Å²) in [6.45, 7) is 7.91. The van der Waals surface area contributed by atoms with Gasteiger partial charge in [-0.25, -0.2) is 4.79 Å². The van der Waals surface area contributed by atoms with E-state index in [1.54, 1.807) is 4.90 Å². The van der Waals surface area contributed by atoms with Crippen molar-refractivity contribution in [3.63, 3.8) is 0 Å². The smallest absolute Gasteiger partial charge is 0.409 e. The third-order valence-corrected chi connectivity index (χ3v) is 2.76. The molecule has 0 bridgehead atoms. The number of hydrogen-bond donors (Lipinski definition) is 0. The molecule has 0 saturated carbocycles. The zero-order valence-corrected chi connectivity index (χ0v) is 10.6. The first-order valence-electron chi connectivity index (χ1n) is 5.92. The molecule has 1 heterocycles. The Morgan fingerprint density at radius 1 is 1.25 bits per heavy atom. The zero-order chi connectivity index (χ0) is 12.0. The van der Waals surface area contributed by atoms with Crippen molar-refractivity contribution < 1.29 is 9.53 Å². The van der Waals surface area contributed by atoms with Crippen molar-refractivity contribution in [2.75, 3.05) is 60.0 Å². The maximum absolute atomic E-state index is 11.4. The summed E-state index contributed by atoms with van der Waals surface area (Å²) in [5.74, 6) is 0. The second kappa shape index (κ2) is 6.70. The van der Waals surface area contributed by atoms with Crippen LogP contribution in [0.3, 0.4) is 0 Å². The SMILES string of the molecule is CCOC(=O)N1CCN(CCN(C)C)CC1. The summed E-state index contributed by atoms with van der Waals surface area (Å²) in [5.41, 5.74) is 0. The number of nitrogens with zero attached hydrogens (tertiary/aromatic N) is 3. The van der Waals surface area contributed by atoms with E-state index in [2.05, 4.69) is 23.9 Å². The summed E-state index contributed by atoms with van der Waals surface area (Å²) in [6.07, 6.45) is -0.172. The van der Waals surface area contributed by atoms with Crippen LogP contribution in [0.5, 0.6) is 0 Å². The van der Waals surface area contributed by atoms with Gasteiger partial charge < -0.3 is 14.5 Å². The van der Waals surface area contributed by atoms with Gasteiger partial charge in [-0.3, -0.25) is 4.90 Å². The molecule has 5 heteroatoms. The molecule has 0 unspecified atom stereocenters. The first kappa shape index (κ1) is 13.3. The summed E-state index contributed by atoms with van der Waals surface area (Å²) in [6, 6.07) is 0. The molecular weight excluding hydrogens is 206 g/mol. The van der Waals surface area contributed by atoms with Gasteiger partial charge in [0, 0.05) is 39.3 Å². The van der Waals surface area contributed by atoms with Gasteiger partial charge in [0.2, 0.25) is 0 Å². The standard InChI is InChI=1S/C11H23N3O2/c1-4-16-11(15)14-9-7-13(8-10-14)6-5-12(2)3/h4-10H2,1-3H3. The van der Waals surface area contributed by atoms with Crippen LogP contribution in [0.1, 0.15) is 6.92 Å². The van der Waals surface area contributed by atoms with Crippen LogP contribution < -0.4 is 0 Å². The normalized spacial score (nSPS) is 17.9. The van der Waals surface area contributed by atoms with Crippen LogP contribution in [0.2, 0.25) is 0 Å². The van der Waals surface area contributed by atoms with E-state index in [9.17, 15) is 4.79 Å². The maximum atomic E-state index is 11.4. The first-order chi connectivity index (χ1) is 7.63. The number of carbonyl (C=O) groups is 1. The average Bonchev–Trinajstić information content (AvgIpc) is 2.27. The van der Waals surface area contributed by atoms with Crippen LogP contribution in [0, 0.1) is 0 Å². The van der Waals surface area contributed by atoms with Gasteiger partial charge in [-0.15, -0.1) is 0 Å². The van der Waals surface area contributed by atoms with E-state index < -0.39 is 0 Å². The van der Waals surface area contributed by atoms with Crippen LogP contribution in [0.4, 0.5) is 4.79 Å². The Labute approximate surface area is 97.9 Å². The van der Waals surface area contributed by atoms with Gasteiger partial charge in [0.15, 0.2) is 0 Å². The lowest BCUT2D eigenvalue weighted by molar-refractivity contribution is 0.0779. The Bertz CT molecular complexity index is 213. The highest BCUT2D eigenvalue weighted by atomic mass is 16.6. The van der Waals surface area contributed by atoms with E-state index in [0.717, 1.165) is 39.3 Å². The quantitative estimate of drug-likeness (QED) is 0.696. The predicted octanol–water partition coefficient (Wildman–Crippen LogP) is 0.322. The minimum absolute atomic E-state index is 0.172. The lowest BCUT2D eigenvalue weighted by Gasteiger charge is -2.34. The Kier molecular flexibility index (Phi) is 5.55. The van der Waals surface area contributed by atoms with Crippen LogP contribution in [0.15, 0.2) is 0 Å². The summed E-state index contributed by atoms with van der Waals surface area (Å²) < 4.78 is 4.98. The molecule has 0 atom stereocenters. The number of carbonyl (C=O) groups excluding carboxylic acids is 1. The molecule has 0 aliphatic carbocycles. The van der Waals surface area contributed by atoms with E-state index in [1.165, 1.54) is 0 Å². The second-order valence-electron chi connectivity index (χ2n) is 4.33. The fourth-order valence-corrected chi connectivity index (χ4v) is 1.71. The highest BCUT2D eigenvalue weighted by Gasteiger charge is 2.21. The first-order valence-corrected chi connectivity index (χ1v) is 5.92. The molecular formula is C11H23N3O2. The van der Waals surface area contributed by atoms with Crippen molar-refractivity contribution >= 4 is 6.09 Å². The third kappa shape index (κ3) is 4.37. The second-order valence-corrected chi connectivity index (χ2v) is 4.33. The predicted molar refractivity (Wildman–Crippen MR) is 63.6 cm³/mol. The highest BCUT2D eigenvalue weighted by Crippen LogP contribution is 2.03. The minimum atomic E-state index is -0.172. The monoisotopic (exact) mass is 229 g/mol. The van der Waals surface area contributed by atoms with Gasteiger partial charge in [0.05, 0.1) is 6.61 Å². The maximum Gasteiger partial charge on any atom is 0.409 e. The van der Waals surface area contributed by atoms with Crippen LogP contribution in [-0.2, 0) is 4.74 Å².